The van der Waals surface area contributed by atoms with Crippen LogP contribution in [0.4, 0.5) is 4.39 Å². The number of fused-ring (bicyclic) bond motifs is 1. The van der Waals surface area contributed by atoms with Gasteiger partial charge >= 0.3 is 0 Å². The van der Waals surface area contributed by atoms with Crippen LogP contribution < -0.4 is 5.32 Å². The second kappa shape index (κ2) is 5.43. The molecule has 3 heteroatoms. The summed E-state index contributed by atoms with van der Waals surface area (Å²) >= 11 is 1.86. The molecule has 1 heterocycles. The second-order valence-electron chi connectivity index (χ2n) is 5.21. The number of hydrogen-bond donors (Lipinski definition) is 1. The van der Waals surface area contributed by atoms with Crippen LogP contribution in [0.5, 0.6) is 0 Å². The van der Waals surface area contributed by atoms with Crippen molar-refractivity contribution in [3.8, 4) is 0 Å². The zero-order valence-electron chi connectivity index (χ0n) is 11.1. The van der Waals surface area contributed by atoms with Crippen LogP contribution in [0.1, 0.15) is 40.5 Å². The molecular formula is C16H18FNS. The summed E-state index contributed by atoms with van der Waals surface area (Å²) < 4.78 is 13.5. The minimum Gasteiger partial charge on any atom is -0.306 e. The van der Waals surface area contributed by atoms with E-state index in [9.17, 15) is 4.39 Å². The lowest BCUT2D eigenvalue weighted by molar-refractivity contribution is 0.462. The Kier molecular flexibility index (Phi) is 3.67. The molecule has 100 valence electrons. The van der Waals surface area contributed by atoms with Crippen LogP contribution in [0, 0.1) is 12.7 Å². The molecule has 1 aromatic carbocycles. The predicted molar refractivity (Wildman–Crippen MR) is 78.0 cm³/mol. The van der Waals surface area contributed by atoms with Crippen LogP contribution in [0.3, 0.4) is 0 Å². The highest BCUT2D eigenvalue weighted by molar-refractivity contribution is 7.10. The molecule has 2 aromatic rings. The normalized spacial score (nSPS) is 18.3. The maximum absolute atomic E-state index is 13.5. The molecule has 0 bridgehead atoms. The van der Waals surface area contributed by atoms with Gasteiger partial charge in [0.15, 0.2) is 0 Å². The van der Waals surface area contributed by atoms with E-state index < -0.39 is 0 Å². The third kappa shape index (κ3) is 2.72. The summed E-state index contributed by atoms with van der Waals surface area (Å²) in [5.74, 6) is -0.112. The van der Waals surface area contributed by atoms with E-state index in [4.69, 9.17) is 0 Å². The average molecular weight is 275 g/mol. The monoisotopic (exact) mass is 275 g/mol. The van der Waals surface area contributed by atoms with Crippen molar-refractivity contribution in [1.29, 1.82) is 0 Å². The summed E-state index contributed by atoms with van der Waals surface area (Å²) in [6.07, 6.45) is 3.63. The highest BCUT2D eigenvalue weighted by atomic mass is 32.1. The first-order chi connectivity index (χ1) is 9.24. The Morgan fingerprint density at radius 3 is 3.11 bits per heavy atom. The van der Waals surface area contributed by atoms with E-state index >= 15 is 0 Å². The van der Waals surface area contributed by atoms with Crippen molar-refractivity contribution in [3.63, 3.8) is 0 Å². The molecule has 1 nitrogen and oxygen atoms in total. The minimum atomic E-state index is -0.112. The molecule has 0 fully saturated rings. The third-order valence-corrected chi connectivity index (χ3v) is 4.84. The number of nitrogens with one attached hydrogen (secondary N) is 1. The Morgan fingerprint density at radius 1 is 1.37 bits per heavy atom. The highest BCUT2D eigenvalue weighted by Gasteiger charge is 2.20. The van der Waals surface area contributed by atoms with E-state index in [1.165, 1.54) is 29.7 Å². The van der Waals surface area contributed by atoms with Crippen molar-refractivity contribution < 1.29 is 4.39 Å². The van der Waals surface area contributed by atoms with Gasteiger partial charge in [-0.1, -0.05) is 12.1 Å². The number of thiophene rings is 1. The lowest BCUT2D eigenvalue weighted by Crippen LogP contribution is -2.23. The fraction of sp³-hybridized carbons (Fsp3) is 0.375. The Hall–Kier alpha value is -1.19. The molecule has 0 amide bonds. The Balaban J connectivity index is 1.69. The quantitative estimate of drug-likeness (QED) is 0.877. The van der Waals surface area contributed by atoms with Crippen molar-refractivity contribution >= 4 is 11.3 Å². The van der Waals surface area contributed by atoms with Crippen molar-refractivity contribution in [1.82, 2.24) is 5.32 Å². The zero-order valence-corrected chi connectivity index (χ0v) is 11.9. The summed E-state index contributed by atoms with van der Waals surface area (Å²) in [6.45, 7) is 2.53. The molecule has 0 radical (unpaired) electrons. The lowest BCUT2D eigenvalue weighted by atomic mass is 9.94. The molecule has 1 aliphatic carbocycles. The molecule has 1 atom stereocenters. The number of rotatable bonds is 3. The van der Waals surface area contributed by atoms with Crippen LogP contribution in [-0.4, -0.2) is 0 Å². The molecule has 19 heavy (non-hydrogen) atoms. The largest absolute Gasteiger partial charge is 0.306 e. The van der Waals surface area contributed by atoms with Gasteiger partial charge in [-0.15, -0.1) is 11.3 Å². The summed E-state index contributed by atoms with van der Waals surface area (Å²) in [6, 6.07) is 8.15. The molecule has 0 saturated carbocycles. The maximum Gasteiger partial charge on any atom is 0.126 e. The van der Waals surface area contributed by atoms with Crippen LogP contribution in [0.2, 0.25) is 0 Å². The van der Waals surface area contributed by atoms with Gasteiger partial charge in [0.2, 0.25) is 0 Å². The van der Waals surface area contributed by atoms with Crippen LogP contribution >= 0.6 is 11.3 Å². The first-order valence-electron chi connectivity index (χ1n) is 6.79. The summed E-state index contributed by atoms with van der Waals surface area (Å²) in [4.78, 5) is 1.51. The smallest absolute Gasteiger partial charge is 0.126 e. The molecular weight excluding hydrogens is 257 g/mol. The van der Waals surface area contributed by atoms with Gasteiger partial charge < -0.3 is 5.32 Å². The Morgan fingerprint density at radius 2 is 2.26 bits per heavy atom. The van der Waals surface area contributed by atoms with Crippen molar-refractivity contribution in [2.75, 3.05) is 0 Å². The molecule has 1 N–H and O–H groups in total. The van der Waals surface area contributed by atoms with Gasteiger partial charge in [0.05, 0.1) is 0 Å². The molecule has 0 saturated heterocycles. The van der Waals surface area contributed by atoms with Gasteiger partial charge in [-0.2, -0.15) is 0 Å². The van der Waals surface area contributed by atoms with E-state index in [1.54, 1.807) is 13.0 Å². The summed E-state index contributed by atoms with van der Waals surface area (Å²) in [5.41, 5.74) is 3.18. The standard InChI is InChI=1S/C16H18FNS/c1-11-5-6-12(9-14(11)17)10-18-15-3-2-4-16-13(15)7-8-19-16/h5-9,15,18H,2-4,10H2,1H3. The maximum atomic E-state index is 13.5. The van der Waals surface area contributed by atoms with E-state index in [2.05, 4.69) is 16.8 Å². The first kappa shape index (κ1) is 12.8. The molecule has 0 aliphatic heterocycles. The fourth-order valence-electron chi connectivity index (χ4n) is 2.69. The Bertz CT molecular complexity index is 576. The van der Waals surface area contributed by atoms with Gasteiger partial charge in [-0.3, -0.25) is 0 Å². The number of benzene rings is 1. The number of halogens is 1. The third-order valence-electron chi connectivity index (χ3n) is 3.84. The van der Waals surface area contributed by atoms with Crippen molar-refractivity contribution in [2.24, 2.45) is 0 Å². The Labute approximate surface area is 117 Å². The van der Waals surface area contributed by atoms with E-state index in [1.807, 2.05) is 23.5 Å². The van der Waals surface area contributed by atoms with E-state index in [-0.39, 0.29) is 5.82 Å². The van der Waals surface area contributed by atoms with Gasteiger partial charge in [0.1, 0.15) is 5.82 Å². The summed E-state index contributed by atoms with van der Waals surface area (Å²) in [5, 5.41) is 5.74. The minimum absolute atomic E-state index is 0.112. The van der Waals surface area contributed by atoms with Crippen LogP contribution in [0.25, 0.3) is 0 Å². The zero-order chi connectivity index (χ0) is 13.2. The first-order valence-corrected chi connectivity index (χ1v) is 7.66. The predicted octanol–water partition coefficient (Wildman–Crippen LogP) is 4.36. The van der Waals surface area contributed by atoms with Gasteiger partial charge in [-0.05, 0) is 60.4 Å². The second-order valence-corrected chi connectivity index (χ2v) is 6.21. The molecule has 1 aromatic heterocycles. The van der Waals surface area contributed by atoms with Crippen molar-refractivity contribution in [2.45, 2.75) is 38.8 Å². The van der Waals surface area contributed by atoms with Gasteiger partial charge in [-0.25, -0.2) is 4.39 Å². The van der Waals surface area contributed by atoms with Gasteiger partial charge in [0, 0.05) is 17.5 Å². The van der Waals surface area contributed by atoms with E-state index in [0.29, 0.717) is 11.6 Å². The topological polar surface area (TPSA) is 12.0 Å². The SMILES string of the molecule is Cc1ccc(CNC2CCCc3sccc32)cc1F. The molecule has 0 spiro atoms. The highest BCUT2D eigenvalue weighted by Crippen LogP contribution is 2.33. The number of aryl methyl sites for hydroxylation is 2. The van der Waals surface area contributed by atoms with Crippen LogP contribution in [-0.2, 0) is 13.0 Å². The molecule has 3 rings (SSSR count). The van der Waals surface area contributed by atoms with E-state index in [0.717, 1.165) is 12.1 Å². The van der Waals surface area contributed by atoms with Crippen LogP contribution in [0.15, 0.2) is 29.6 Å². The lowest BCUT2D eigenvalue weighted by Gasteiger charge is -2.24. The summed E-state index contributed by atoms with van der Waals surface area (Å²) in [7, 11) is 0. The average Bonchev–Trinajstić information content (AvgIpc) is 2.89. The van der Waals surface area contributed by atoms with Crippen molar-refractivity contribution in [3.05, 3.63) is 57.0 Å². The number of hydrogen-bond acceptors (Lipinski definition) is 2. The molecule has 1 unspecified atom stereocenters. The fourth-order valence-corrected chi connectivity index (χ4v) is 3.67. The van der Waals surface area contributed by atoms with Gasteiger partial charge in [0.25, 0.3) is 0 Å². The molecule has 1 aliphatic rings.